The lowest BCUT2D eigenvalue weighted by atomic mass is 10.2. The standard InChI is InChI=1S/C15H14N2O2S2/c1-18-12-6-4-11(5-7-12)8-10-21-15-17-16-14(19-15)13-3-2-9-20-13/h2-7,9H,8,10H2,1H3. The van der Waals surface area contributed by atoms with Crippen molar-refractivity contribution in [1.82, 2.24) is 10.2 Å². The van der Waals surface area contributed by atoms with Crippen molar-refractivity contribution in [3.05, 3.63) is 47.3 Å². The van der Waals surface area contributed by atoms with E-state index in [4.69, 9.17) is 9.15 Å². The minimum absolute atomic E-state index is 0.594. The number of thioether (sulfide) groups is 1. The lowest BCUT2D eigenvalue weighted by Crippen LogP contribution is -1.89. The summed E-state index contributed by atoms with van der Waals surface area (Å²) in [6.45, 7) is 0. The second-order valence-electron chi connectivity index (χ2n) is 4.30. The van der Waals surface area contributed by atoms with E-state index >= 15 is 0 Å². The van der Waals surface area contributed by atoms with E-state index in [0.717, 1.165) is 22.8 Å². The Bertz CT molecular complexity index is 678. The number of ether oxygens (including phenoxy) is 1. The van der Waals surface area contributed by atoms with Crippen molar-refractivity contribution in [3.63, 3.8) is 0 Å². The van der Waals surface area contributed by atoms with Gasteiger partial charge in [-0.05, 0) is 35.6 Å². The molecule has 0 aliphatic carbocycles. The van der Waals surface area contributed by atoms with Crippen molar-refractivity contribution in [2.75, 3.05) is 12.9 Å². The third-order valence-corrected chi connectivity index (χ3v) is 4.59. The zero-order valence-electron chi connectivity index (χ0n) is 11.5. The van der Waals surface area contributed by atoms with Crippen molar-refractivity contribution < 1.29 is 9.15 Å². The molecule has 6 heteroatoms. The van der Waals surface area contributed by atoms with E-state index in [9.17, 15) is 0 Å². The summed E-state index contributed by atoms with van der Waals surface area (Å²) >= 11 is 3.17. The fourth-order valence-electron chi connectivity index (χ4n) is 1.82. The van der Waals surface area contributed by atoms with Gasteiger partial charge in [0.1, 0.15) is 5.75 Å². The maximum atomic E-state index is 5.63. The summed E-state index contributed by atoms with van der Waals surface area (Å²) in [7, 11) is 1.67. The summed E-state index contributed by atoms with van der Waals surface area (Å²) in [5.74, 6) is 2.37. The third kappa shape index (κ3) is 3.65. The maximum absolute atomic E-state index is 5.63. The van der Waals surface area contributed by atoms with E-state index in [1.807, 2.05) is 29.6 Å². The molecule has 1 aromatic carbocycles. The molecule has 3 rings (SSSR count). The van der Waals surface area contributed by atoms with Gasteiger partial charge in [-0.2, -0.15) is 0 Å². The molecule has 21 heavy (non-hydrogen) atoms. The highest BCUT2D eigenvalue weighted by Gasteiger charge is 2.09. The smallest absolute Gasteiger partial charge is 0.276 e. The van der Waals surface area contributed by atoms with Crippen LogP contribution in [-0.2, 0) is 6.42 Å². The van der Waals surface area contributed by atoms with Crippen LogP contribution in [0.1, 0.15) is 5.56 Å². The van der Waals surface area contributed by atoms with Gasteiger partial charge in [0.05, 0.1) is 12.0 Å². The monoisotopic (exact) mass is 318 g/mol. The molecule has 0 saturated carbocycles. The minimum Gasteiger partial charge on any atom is -0.497 e. The van der Waals surface area contributed by atoms with Crippen LogP contribution in [0, 0.1) is 0 Å². The molecule has 0 aliphatic rings. The number of hydrogen-bond donors (Lipinski definition) is 0. The molecule has 0 aliphatic heterocycles. The molecule has 3 aromatic rings. The first-order valence-corrected chi connectivity index (χ1v) is 8.35. The van der Waals surface area contributed by atoms with Gasteiger partial charge in [-0.25, -0.2) is 0 Å². The highest BCUT2D eigenvalue weighted by atomic mass is 32.2. The Morgan fingerprint density at radius 2 is 2.05 bits per heavy atom. The fourth-order valence-corrected chi connectivity index (χ4v) is 3.21. The summed E-state index contributed by atoms with van der Waals surface area (Å²) in [4.78, 5) is 1.00. The molecule has 0 atom stereocenters. The molecule has 0 bridgehead atoms. The summed E-state index contributed by atoms with van der Waals surface area (Å²) < 4.78 is 10.8. The van der Waals surface area contributed by atoms with Crippen LogP contribution in [0.5, 0.6) is 5.75 Å². The first kappa shape index (κ1) is 14.2. The summed E-state index contributed by atoms with van der Waals surface area (Å²) in [5.41, 5.74) is 1.27. The van der Waals surface area contributed by atoms with Crippen LogP contribution in [0.2, 0.25) is 0 Å². The van der Waals surface area contributed by atoms with Crippen molar-refractivity contribution in [1.29, 1.82) is 0 Å². The Balaban J connectivity index is 1.53. The second kappa shape index (κ2) is 6.78. The quantitative estimate of drug-likeness (QED) is 0.639. The van der Waals surface area contributed by atoms with Gasteiger partial charge in [0, 0.05) is 5.75 Å². The Morgan fingerprint density at radius 1 is 1.19 bits per heavy atom. The zero-order valence-corrected chi connectivity index (χ0v) is 13.1. The van der Waals surface area contributed by atoms with Gasteiger partial charge < -0.3 is 9.15 Å². The number of benzene rings is 1. The molecule has 0 saturated heterocycles. The van der Waals surface area contributed by atoms with Gasteiger partial charge in [0.2, 0.25) is 0 Å². The third-order valence-electron chi connectivity index (χ3n) is 2.91. The lowest BCUT2D eigenvalue weighted by molar-refractivity contribution is 0.414. The number of methoxy groups -OCH3 is 1. The van der Waals surface area contributed by atoms with Gasteiger partial charge >= 0.3 is 0 Å². The van der Waals surface area contributed by atoms with E-state index in [1.165, 1.54) is 5.56 Å². The van der Waals surface area contributed by atoms with Crippen LogP contribution in [0.3, 0.4) is 0 Å². The first-order chi connectivity index (χ1) is 10.3. The van der Waals surface area contributed by atoms with Crippen LogP contribution in [0.25, 0.3) is 10.8 Å². The topological polar surface area (TPSA) is 48.2 Å². The Labute approximate surface area is 131 Å². The second-order valence-corrected chi connectivity index (χ2v) is 6.29. The Kier molecular flexibility index (Phi) is 4.57. The number of thiophene rings is 1. The van der Waals surface area contributed by atoms with Gasteiger partial charge in [0.15, 0.2) is 0 Å². The molecule has 0 radical (unpaired) electrons. The van der Waals surface area contributed by atoms with E-state index < -0.39 is 0 Å². The largest absolute Gasteiger partial charge is 0.497 e. The fraction of sp³-hybridized carbons (Fsp3) is 0.200. The molecule has 0 spiro atoms. The predicted octanol–water partition coefficient (Wildman–Crippen LogP) is 4.14. The SMILES string of the molecule is COc1ccc(CCSc2nnc(-c3cccs3)o2)cc1. The Hall–Kier alpha value is -1.79. The van der Waals surface area contributed by atoms with Gasteiger partial charge in [-0.3, -0.25) is 0 Å². The molecule has 0 amide bonds. The van der Waals surface area contributed by atoms with Crippen molar-refractivity contribution >= 4 is 23.1 Å². The maximum Gasteiger partial charge on any atom is 0.276 e. The number of aryl methyl sites for hydroxylation is 1. The van der Waals surface area contributed by atoms with Crippen LogP contribution < -0.4 is 4.74 Å². The number of aromatic nitrogens is 2. The molecule has 0 N–H and O–H groups in total. The summed E-state index contributed by atoms with van der Waals surface area (Å²) in [5, 5.41) is 10.7. The number of nitrogens with zero attached hydrogens (tertiary/aromatic N) is 2. The van der Waals surface area contributed by atoms with Crippen LogP contribution >= 0.6 is 23.1 Å². The molecule has 2 heterocycles. The van der Waals surface area contributed by atoms with Crippen molar-refractivity contribution in [2.24, 2.45) is 0 Å². The molecular formula is C15H14N2O2S2. The van der Waals surface area contributed by atoms with E-state index in [-0.39, 0.29) is 0 Å². The molecule has 2 aromatic heterocycles. The van der Waals surface area contributed by atoms with Crippen molar-refractivity contribution in [3.8, 4) is 16.5 Å². The molecule has 0 unspecified atom stereocenters. The van der Waals surface area contributed by atoms with Gasteiger partial charge in [-0.1, -0.05) is 30.0 Å². The highest BCUT2D eigenvalue weighted by molar-refractivity contribution is 7.99. The van der Waals surface area contributed by atoms with E-state index in [0.29, 0.717) is 11.1 Å². The molecule has 0 fully saturated rings. The van der Waals surface area contributed by atoms with Gasteiger partial charge in [-0.15, -0.1) is 21.5 Å². The lowest BCUT2D eigenvalue weighted by Gasteiger charge is -2.02. The first-order valence-electron chi connectivity index (χ1n) is 6.48. The van der Waals surface area contributed by atoms with Crippen LogP contribution in [0.4, 0.5) is 0 Å². The average molecular weight is 318 g/mol. The van der Waals surface area contributed by atoms with Crippen LogP contribution in [-0.4, -0.2) is 23.1 Å². The predicted molar refractivity (Wildman–Crippen MR) is 85.0 cm³/mol. The van der Waals surface area contributed by atoms with E-state index in [2.05, 4.69) is 22.3 Å². The highest BCUT2D eigenvalue weighted by Crippen LogP contribution is 2.26. The van der Waals surface area contributed by atoms with Gasteiger partial charge in [0.25, 0.3) is 11.1 Å². The normalized spacial score (nSPS) is 10.7. The average Bonchev–Trinajstić information content (AvgIpc) is 3.19. The summed E-state index contributed by atoms with van der Waals surface area (Å²) in [6, 6.07) is 12.0. The number of rotatable bonds is 6. The Morgan fingerprint density at radius 3 is 2.76 bits per heavy atom. The van der Waals surface area contributed by atoms with Crippen molar-refractivity contribution in [2.45, 2.75) is 11.6 Å². The van der Waals surface area contributed by atoms with Crippen LogP contribution in [0.15, 0.2) is 51.4 Å². The number of hydrogen-bond acceptors (Lipinski definition) is 6. The minimum atomic E-state index is 0.594. The molecule has 4 nitrogen and oxygen atoms in total. The summed E-state index contributed by atoms with van der Waals surface area (Å²) in [6.07, 6.45) is 0.950. The molecule has 108 valence electrons. The molecular weight excluding hydrogens is 304 g/mol. The van der Waals surface area contributed by atoms with E-state index in [1.54, 1.807) is 30.2 Å². The zero-order chi connectivity index (χ0) is 14.5.